The Morgan fingerprint density at radius 3 is 2.42 bits per heavy atom. The molecule has 0 saturated heterocycles. The molecule has 1 heterocycles. The summed E-state index contributed by atoms with van der Waals surface area (Å²) in [6, 6.07) is 2.47. The maximum atomic E-state index is 12.4. The van der Waals surface area contributed by atoms with Gasteiger partial charge in [0.2, 0.25) is 0 Å². The Bertz CT molecular complexity index is 406. The molecule has 0 unspecified atom stereocenters. The number of anilines is 1. The molecule has 0 amide bonds. The Morgan fingerprint density at radius 1 is 1.21 bits per heavy atom. The molecule has 0 spiro atoms. The quantitative estimate of drug-likeness (QED) is 0.877. The Balaban J connectivity index is 1.93. The number of nitrogens with one attached hydrogen (secondary N) is 1. The third kappa shape index (κ3) is 3.85. The van der Waals surface area contributed by atoms with E-state index < -0.39 is 11.7 Å². The van der Waals surface area contributed by atoms with Crippen molar-refractivity contribution in [3.05, 3.63) is 23.9 Å². The van der Waals surface area contributed by atoms with Crippen molar-refractivity contribution < 1.29 is 13.2 Å². The van der Waals surface area contributed by atoms with E-state index in [1.807, 2.05) is 0 Å². The first kappa shape index (κ1) is 14.2. The topological polar surface area (TPSA) is 24.9 Å². The third-order valence-corrected chi connectivity index (χ3v) is 3.85. The van der Waals surface area contributed by atoms with Crippen molar-refractivity contribution in [3.8, 4) is 0 Å². The van der Waals surface area contributed by atoms with E-state index in [1.54, 1.807) is 0 Å². The molecule has 1 aromatic rings. The van der Waals surface area contributed by atoms with Crippen molar-refractivity contribution in [2.24, 2.45) is 5.41 Å². The van der Waals surface area contributed by atoms with Crippen molar-refractivity contribution >= 4 is 5.82 Å². The van der Waals surface area contributed by atoms with Gasteiger partial charge in [-0.1, -0.05) is 26.2 Å². The largest absolute Gasteiger partial charge is 0.417 e. The van der Waals surface area contributed by atoms with E-state index in [1.165, 1.54) is 38.2 Å². The maximum absolute atomic E-state index is 12.4. The molecule has 2 rings (SSSR count). The summed E-state index contributed by atoms with van der Waals surface area (Å²) in [6.07, 6.45) is 2.65. The number of pyridine rings is 1. The zero-order valence-corrected chi connectivity index (χ0v) is 11.1. The number of aromatic nitrogens is 1. The number of rotatable bonds is 3. The van der Waals surface area contributed by atoms with Crippen LogP contribution in [-0.4, -0.2) is 11.5 Å². The van der Waals surface area contributed by atoms with E-state index in [-0.39, 0.29) is 5.41 Å². The van der Waals surface area contributed by atoms with Crippen LogP contribution in [0.1, 0.15) is 44.6 Å². The van der Waals surface area contributed by atoms with E-state index >= 15 is 0 Å². The summed E-state index contributed by atoms with van der Waals surface area (Å²) in [5.41, 5.74) is -0.468. The van der Waals surface area contributed by atoms with Crippen LogP contribution >= 0.6 is 0 Å². The van der Waals surface area contributed by atoms with Crippen LogP contribution in [0.2, 0.25) is 0 Å². The number of hydrogen-bond acceptors (Lipinski definition) is 2. The van der Waals surface area contributed by atoms with E-state index in [0.717, 1.165) is 18.8 Å². The van der Waals surface area contributed by atoms with Gasteiger partial charge in [0.25, 0.3) is 0 Å². The first-order chi connectivity index (χ1) is 8.89. The van der Waals surface area contributed by atoms with E-state index in [4.69, 9.17) is 0 Å². The summed E-state index contributed by atoms with van der Waals surface area (Å²) in [7, 11) is 0. The Morgan fingerprint density at radius 2 is 1.89 bits per heavy atom. The lowest BCUT2D eigenvalue weighted by Gasteiger charge is -2.33. The second kappa shape index (κ2) is 5.39. The fraction of sp³-hybridized carbons (Fsp3) is 0.643. The average molecular weight is 272 g/mol. The Labute approximate surface area is 111 Å². The first-order valence-corrected chi connectivity index (χ1v) is 6.66. The van der Waals surface area contributed by atoms with Crippen molar-refractivity contribution in [1.29, 1.82) is 0 Å². The van der Waals surface area contributed by atoms with Crippen LogP contribution in [-0.2, 0) is 6.18 Å². The number of alkyl halides is 3. The van der Waals surface area contributed by atoms with Crippen LogP contribution in [0.15, 0.2) is 18.3 Å². The summed E-state index contributed by atoms with van der Waals surface area (Å²) in [6.45, 7) is 2.99. The number of halogens is 3. The molecule has 19 heavy (non-hydrogen) atoms. The molecule has 0 aliphatic heterocycles. The normalized spacial score (nSPS) is 19.2. The van der Waals surface area contributed by atoms with Gasteiger partial charge in [0.05, 0.1) is 5.56 Å². The molecule has 0 atom stereocenters. The molecule has 5 heteroatoms. The molecule has 0 bridgehead atoms. The van der Waals surface area contributed by atoms with Crippen LogP contribution in [0.25, 0.3) is 0 Å². The van der Waals surface area contributed by atoms with Crippen LogP contribution in [0, 0.1) is 5.41 Å². The molecule has 1 N–H and O–H groups in total. The average Bonchev–Trinajstić information content (AvgIpc) is 2.37. The second-order valence-corrected chi connectivity index (χ2v) is 5.65. The van der Waals surface area contributed by atoms with Crippen LogP contribution in [0.5, 0.6) is 0 Å². The van der Waals surface area contributed by atoms with Gasteiger partial charge in [-0.15, -0.1) is 0 Å². The standard InChI is InChI=1S/C14H19F3N2/c1-13(7-3-2-4-8-13)10-19-12-6-5-11(9-18-12)14(15,16)17/h5-6,9H,2-4,7-8,10H2,1H3,(H,18,19). The lowest BCUT2D eigenvalue weighted by molar-refractivity contribution is -0.137. The van der Waals surface area contributed by atoms with Gasteiger partial charge in [-0.3, -0.25) is 0 Å². The molecule has 1 aliphatic rings. The number of hydrogen-bond donors (Lipinski definition) is 1. The van der Waals surface area contributed by atoms with Gasteiger partial charge < -0.3 is 5.32 Å². The highest BCUT2D eigenvalue weighted by molar-refractivity contribution is 5.36. The Hall–Kier alpha value is -1.26. The summed E-state index contributed by atoms with van der Waals surface area (Å²) in [5.74, 6) is 0.514. The van der Waals surface area contributed by atoms with Gasteiger partial charge >= 0.3 is 6.18 Å². The van der Waals surface area contributed by atoms with E-state index in [9.17, 15) is 13.2 Å². The summed E-state index contributed by atoms with van der Waals surface area (Å²) < 4.78 is 37.2. The molecule has 1 saturated carbocycles. The maximum Gasteiger partial charge on any atom is 0.417 e. The minimum Gasteiger partial charge on any atom is -0.370 e. The molecule has 2 nitrogen and oxygen atoms in total. The fourth-order valence-electron chi connectivity index (χ4n) is 2.55. The predicted molar refractivity (Wildman–Crippen MR) is 68.9 cm³/mol. The third-order valence-electron chi connectivity index (χ3n) is 3.85. The minimum atomic E-state index is -4.32. The molecular weight excluding hydrogens is 253 g/mol. The zero-order valence-electron chi connectivity index (χ0n) is 11.1. The van der Waals surface area contributed by atoms with Crippen molar-refractivity contribution in [1.82, 2.24) is 4.98 Å². The lowest BCUT2D eigenvalue weighted by Crippen LogP contribution is -2.29. The Kier molecular flexibility index (Phi) is 4.02. The van der Waals surface area contributed by atoms with Gasteiger partial charge in [0.15, 0.2) is 0 Å². The highest BCUT2D eigenvalue weighted by Crippen LogP contribution is 2.35. The van der Waals surface area contributed by atoms with Crippen molar-refractivity contribution in [2.45, 2.75) is 45.2 Å². The molecular formula is C14H19F3N2. The number of nitrogens with zero attached hydrogens (tertiary/aromatic N) is 1. The van der Waals surface area contributed by atoms with E-state index in [0.29, 0.717) is 5.82 Å². The van der Waals surface area contributed by atoms with Gasteiger partial charge in [-0.05, 0) is 30.4 Å². The van der Waals surface area contributed by atoms with Crippen molar-refractivity contribution in [2.75, 3.05) is 11.9 Å². The highest BCUT2D eigenvalue weighted by Gasteiger charge is 2.31. The van der Waals surface area contributed by atoms with Crippen molar-refractivity contribution in [3.63, 3.8) is 0 Å². The lowest BCUT2D eigenvalue weighted by atomic mass is 9.76. The smallest absolute Gasteiger partial charge is 0.370 e. The van der Waals surface area contributed by atoms with Gasteiger partial charge in [0, 0.05) is 12.7 Å². The van der Waals surface area contributed by atoms with Crippen LogP contribution in [0.4, 0.5) is 19.0 Å². The zero-order chi connectivity index (χ0) is 13.9. The molecule has 106 valence electrons. The van der Waals surface area contributed by atoms with Gasteiger partial charge in [0.1, 0.15) is 5.82 Å². The van der Waals surface area contributed by atoms with Gasteiger partial charge in [-0.25, -0.2) is 4.98 Å². The van der Waals surface area contributed by atoms with Crippen LogP contribution < -0.4 is 5.32 Å². The summed E-state index contributed by atoms with van der Waals surface area (Å²) in [5, 5.41) is 3.16. The van der Waals surface area contributed by atoms with Crippen LogP contribution in [0.3, 0.4) is 0 Å². The second-order valence-electron chi connectivity index (χ2n) is 5.65. The van der Waals surface area contributed by atoms with E-state index in [2.05, 4.69) is 17.2 Å². The monoisotopic (exact) mass is 272 g/mol. The first-order valence-electron chi connectivity index (χ1n) is 6.66. The highest BCUT2D eigenvalue weighted by atomic mass is 19.4. The van der Waals surface area contributed by atoms with Gasteiger partial charge in [-0.2, -0.15) is 13.2 Å². The fourth-order valence-corrected chi connectivity index (χ4v) is 2.55. The molecule has 1 fully saturated rings. The predicted octanol–water partition coefficient (Wildman–Crippen LogP) is 4.48. The molecule has 0 aromatic carbocycles. The SMILES string of the molecule is CC1(CNc2ccc(C(F)(F)F)cn2)CCCCC1. The summed E-state index contributed by atoms with van der Waals surface area (Å²) in [4.78, 5) is 3.83. The molecule has 1 aromatic heterocycles. The molecule has 0 radical (unpaired) electrons. The minimum absolute atomic E-state index is 0.239. The summed E-state index contributed by atoms with van der Waals surface area (Å²) >= 11 is 0. The molecule has 1 aliphatic carbocycles.